The molecular weight excluding hydrogens is 322 g/mol. The van der Waals surface area contributed by atoms with Crippen LogP contribution in [0.4, 0.5) is 0 Å². The Kier molecular flexibility index (Phi) is 8.98. The fourth-order valence-electron chi connectivity index (χ4n) is 2.59. The zero-order chi connectivity index (χ0) is 18.3. The Labute approximate surface area is 145 Å². The van der Waals surface area contributed by atoms with Crippen LogP contribution >= 0.6 is 0 Å². The summed E-state index contributed by atoms with van der Waals surface area (Å²) in [5.74, 6) is -0.291. The number of hydrogen-bond acceptors (Lipinski definition) is 3. The quantitative estimate of drug-likeness (QED) is 0.183. The van der Waals surface area contributed by atoms with Crippen LogP contribution in [0.15, 0.2) is 12.2 Å². The van der Waals surface area contributed by atoms with Crippen LogP contribution in [0.5, 0.6) is 0 Å². The van der Waals surface area contributed by atoms with Crippen LogP contribution in [0, 0.1) is 0 Å². The van der Waals surface area contributed by atoms with E-state index in [9.17, 15) is 4.79 Å². The Morgan fingerprint density at radius 2 is 1.61 bits per heavy atom. The fraction of sp³-hybridized carbons (Fsp3) is 0.824. The summed E-state index contributed by atoms with van der Waals surface area (Å²) in [7, 11) is 1.44. The van der Waals surface area contributed by atoms with Crippen LogP contribution < -0.4 is 0 Å². The number of unbranched alkanes of at least 4 members (excludes halogenated alkanes) is 1. The molecule has 0 aromatic heterocycles. The maximum Gasteiger partial charge on any atom is 0.333 e. The summed E-state index contributed by atoms with van der Waals surface area (Å²) in [6, 6.07) is 1.22. The molecule has 0 aromatic rings. The predicted octanol–water partition coefficient (Wildman–Crippen LogP) is 4.02. The van der Waals surface area contributed by atoms with E-state index in [4.69, 9.17) is 8.85 Å². The van der Waals surface area contributed by atoms with Crippen molar-refractivity contribution in [3.63, 3.8) is 0 Å². The van der Waals surface area contributed by atoms with Crippen LogP contribution in [0.1, 0.15) is 19.8 Å². The summed E-state index contributed by atoms with van der Waals surface area (Å²) < 4.78 is 12.4. The molecule has 6 heteroatoms. The number of esters is 1. The van der Waals surface area contributed by atoms with Crippen LogP contribution in [0.25, 0.3) is 0 Å². The highest BCUT2D eigenvalue weighted by molar-refractivity contribution is 6.84. The van der Waals surface area contributed by atoms with Crippen LogP contribution in [-0.2, 0) is 13.6 Å². The van der Waals surface area contributed by atoms with Crippen molar-refractivity contribution in [2.75, 3.05) is 33.8 Å². The molecule has 23 heavy (non-hydrogen) atoms. The van der Waals surface area contributed by atoms with E-state index in [0.29, 0.717) is 12.2 Å². The lowest BCUT2D eigenvalue weighted by Crippen LogP contribution is -2.44. The second-order valence-corrected chi connectivity index (χ2v) is 17.8. The average Bonchev–Trinajstić information content (AvgIpc) is 2.31. The van der Waals surface area contributed by atoms with Crippen molar-refractivity contribution in [1.29, 1.82) is 0 Å². The summed E-state index contributed by atoms with van der Waals surface area (Å²) in [6.07, 6.45) is 2.41. The highest BCUT2D eigenvalue weighted by Crippen LogP contribution is 2.21. The molecule has 0 saturated carbocycles. The monoisotopic (exact) mass is 360 g/mol. The summed E-state index contributed by atoms with van der Waals surface area (Å²) in [6.45, 7) is 19.2. The largest absolute Gasteiger partial charge is 0.456 e. The van der Waals surface area contributed by atoms with Gasteiger partial charge in [0.25, 0.3) is 0 Å². The lowest BCUT2D eigenvalue weighted by molar-refractivity contribution is -0.890. The number of carbonyl (C=O) groups excluding carboxylic acids is 1. The number of nitrogens with zero attached hydrogens (tertiary/aromatic N) is 1. The molecule has 0 bridgehead atoms. The zero-order valence-electron chi connectivity index (χ0n) is 16.6. The molecule has 0 heterocycles. The molecule has 0 unspecified atom stereocenters. The van der Waals surface area contributed by atoms with Crippen molar-refractivity contribution in [3.05, 3.63) is 12.2 Å². The van der Waals surface area contributed by atoms with E-state index >= 15 is 0 Å². The molecule has 0 aliphatic carbocycles. The Bertz CT molecular complexity index is 401. The van der Waals surface area contributed by atoms with Gasteiger partial charge in [-0.25, -0.2) is 4.79 Å². The third-order valence-electron chi connectivity index (χ3n) is 3.65. The van der Waals surface area contributed by atoms with Gasteiger partial charge in [0.1, 0.15) is 13.2 Å². The minimum absolute atomic E-state index is 0.291. The minimum atomic E-state index is -1.51. The van der Waals surface area contributed by atoms with Crippen LogP contribution in [0.3, 0.4) is 0 Å². The normalized spacial score (nSPS) is 13.0. The summed E-state index contributed by atoms with van der Waals surface area (Å²) in [4.78, 5) is 11.4. The molecule has 0 radical (unpaired) electrons. The molecule has 4 nitrogen and oxygen atoms in total. The standard InChI is InChI=1S/C17H38NO3Si2/c1-16(2)17(19)20-14-13-18(3,4)12-10-11-15-23(8,9)21-22(5,6)7/h1,10-15H2,2-9H3/q+1. The Balaban J connectivity index is 4.02. The van der Waals surface area contributed by atoms with Gasteiger partial charge in [-0.05, 0) is 58.5 Å². The van der Waals surface area contributed by atoms with Gasteiger partial charge in [-0.15, -0.1) is 0 Å². The second kappa shape index (κ2) is 9.15. The van der Waals surface area contributed by atoms with Crippen molar-refractivity contribution in [2.45, 2.75) is 58.5 Å². The highest BCUT2D eigenvalue weighted by atomic mass is 28.4. The zero-order valence-corrected chi connectivity index (χ0v) is 18.6. The van der Waals surface area contributed by atoms with E-state index < -0.39 is 16.6 Å². The fourth-order valence-corrected chi connectivity index (χ4v) is 10.7. The lowest BCUT2D eigenvalue weighted by Gasteiger charge is -2.32. The molecular formula is C17H38NO3Si2+. The number of ether oxygens (including phenoxy) is 1. The van der Waals surface area contributed by atoms with E-state index in [0.717, 1.165) is 17.6 Å². The van der Waals surface area contributed by atoms with Gasteiger partial charge in [0, 0.05) is 5.57 Å². The first-order valence-corrected chi connectivity index (χ1v) is 15.1. The van der Waals surface area contributed by atoms with Gasteiger partial charge in [-0.1, -0.05) is 6.58 Å². The number of rotatable bonds is 11. The highest BCUT2D eigenvalue weighted by Gasteiger charge is 2.29. The number of likely N-dealkylation sites (N-methyl/N-ethyl adjacent to an activating group) is 1. The van der Waals surface area contributed by atoms with Gasteiger partial charge in [0.15, 0.2) is 16.6 Å². The Morgan fingerprint density at radius 3 is 2.09 bits per heavy atom. The summed E-state index contributed by atoms with van der Waals surface area (Å²) in [5, 5.41) is 0. The van der Waals surface area contributed by atoms with Crippen LogP contribution in [-0.4, -0.2) is 60.9 Å². The Hall–Kier alpha value is -0.436. The number of carbonyl (C=O) groups is 1. The van der Waals surface area contributed by atoms with Crippen molar-refractivity contribution in [1.82, 2.24) is 0 Å². The first-order chi connectivity index (χ1) is 10.2. The van der Waals surface area contributed by atoms with Crippen molar-refractivity contribution in [2.24, 2.45) is 0 Å². The molecule has 0 aromatic carbocycles. The van der Waals surface area contributed by atoms with Gasteiger partial charge < -0.3 is 13.3 Å². The first-order valence-electron chi connectivity index (χ1n) is 8.59. The Morgan fingerprint density at radius 1 is 1.04 bits per heavy atom. The first kappa shape index (κ1) is 22.6. The maximum absolute atomic E-state index is 11.4. The molecule has 0 saturated heterocycles. The van der Waals surface area contributed by atoms with E-state index in [2.05, 4.69) is 53.4 Å². The van der Waals surface area contributed by atoms with Crippen molar-refractivity contribution in [3.8, 4) is 0 Å². The van der Waals surface area contributed by atoms with Crippen LogP contribution in [0.2, 0.25) is 38.8 Å². The van der Waals surface area contributed by atoms with Gasteiger partial charge in [-0.3, -0.25) is 0 Å². The topological polar surface area (TPSA) is 35.5 Å². The number of hydrogen-bond donors (Lipinski definition) is 0. The molecule has 0 atom stereocenters. The minimum Gasteiger partial charge on any atom is -0.456 e. The average molecular weight is 361 g/mol. The third-order valence-corrected chi connectivity index (χ3v) is 9.87. The van der Waals surface area contributed by atoms with Crippen molar-refractivity contribution >= 4 is 22.6 Å². The van der Waals surface area contributed by atoms with Gasteiger partial charge in [-0.2, -0.15) is 0 Å². The molecule has 136 valence electrons. The van der Waals surface area contributed by atoms with E-state index in [1.807, 2.05) is 0 Å². The van der Waals surface area contributed by atoms with E-state index in [1.54, 1.807) is 6.92 Å². The molecule has 0 rings (SSSR count). The van der Waals surface area contributed by atoms with Gasteiger partial charge in [0.2, 0.25) is 0 Å². The smallest absolute Gasteiger partial charge is 0.333 e. The predicted molar refractivity (Wildman–Crippen MR) is 104 cm³/mol. The second-order valence-electron chi connectivity index (χ2n) is 8.73. The maximum atomic E-state index is 11.4. The summed E-state index contributed by atoms with van der Waals surface area (Å²) >= 11 is 0. The SMILES string of the molecule is C=C(C)C(=O)OCC[N+](C)(C)CCCC[Si](C)(C)O[Si](C)(C)C. The van der Waals surface area contributed by atoms with E-state index in [1.165, 1.54) is 18.9 Å². The molecule has 0 amide bonds. The molecule has 0 N–H and O–H groups in total. The van der Waals surface area contributed by atoms with Gasteiger partial charge >= 0.3 is 5.97 Å². The molecule has 0 aliphatic rings. The summed E-state index contributed by atoms with van der Waals surface area (Å²) in [5.41, 5.74) is 0.463. The number of quaternary nitrogens is 1. The third kappa shape index (κ3) is 12.6. The van der Waals surface area contributed by atoms with E-state index in [-0.39, 0.29) is 5.97 Å². The molecule has 0 fully saturated rings. The molecule has 0 spiro atoms. The lowest BCUT2D eigenvalue weighted by atomic mass is 10.3. The van der Waals surface area contributed by atoms with Crippen molar-refractivity contribution < 1.29 is 18.1 Å². The van der Waals surface area contributed by atoms with Gasteiger partial charge in [0.05, 0.1) is 20.6 Å². The molecule has 0 aliphatic heterocycles.